The van der Waals surface area contributed by atoms with Crippen molar-refractivity contribution in [1.29, 1.82) is 0 Å². The predicted molar refractivity (Wildman–Crippen MR) is 76.7 cm³/mol. The third-order valence-corrected chi connectivity index (χ3v) is 4.29. The molecule has 1 saturated carbocycles. The Bertz CT molecular complexity index is 518. The largest absolute Gasteiger partial charge is 0.479 e. The highest BCUT2D eigenvalue weighted by Gasteiger charge is 2.45. The number of carboxylic acid groups (broad SMARTS) is 1. The average molecular weight is 275 g/mol. The van der Waals surface area contributed by atoms with Crippen LogP contribution < -0.4 is 0 Å². The molecule has 1 amide bonds. The van der Waals surface area contributed by atoms with Crippen LogP contribution in [-0.2, 0) is 4.79 Å². The van der Waals surface area contributed by atoms with Gasteiger partial charge in [0.1, 0.15) is 5.54 Å². The van der Waals surface area contributed by atoms with Gasteiger partial charge in [0, 0.05) is 12.6 Å². The summed E-state index contributed by atoms with van der Waals surface area (Å²) in [6.45, 7) is 1.92. The summed E-state index contributed by atoms with van der Waals surface area (Å²) in [7, 11) is 1.62. The van der Waals surface area contributed by atoms with Gasteiger partial charge in [-0.25, -0.2) is 4.79 Å². The Labute approximate surface area is 119 Å². The van der Waals surface area contributed by atoms with E-state index in [4.69, 9.17) is 0 Å². The van der Waals surface area contributed by atoms with Gasteiger partial charge in [0.2, 0.25) is 0 Å². The third kappa shape index (κ3) is 2.55. The molecule has 0 atom stereocenters. The summed E-state index contributed by atoms with van der Waals surface area (Å²) in [5.41, 5.74) is 0.509. The molecule has 108 valence electrons. The molecule has 4 nitrogen and oxygen atoms in total. The zero-order valence-electron chi connectivity index (χ0n) is 12.1. The summed E-state index contributed by atoms with van der Waals surface area (Å²) >= 11 is 0. The zero-order chi connectivity index (χ0) is 14.8. The van der Waals surface area contributed by atoms with E-state index in [2.05, 4.69) is 0 Å². The molecule has 0 spiro atoms. The van der Waals surface area contributed by atoms with Crippen LogP contribution in [0, 0.1) is 6.92 Å². The van der Waals surface area contributed by atoms with Crippen LogP contribution in [-0.4, -0.2) is 34.5 Å². The number of likely N-dealkylation sites (N-methyl/N-ethyl adjacent to an activating group) is 1. The van der Waals surface area contributed by atoms with Crippen LogP contribution in [0.1, 0.15) is 48.0 Å². The van der Waals surface area contributed by atoms with Crippen LogP contribution in [0.3, 0.4) is 0 Å². The minimum absolute atomic E-state index is 0.210. The van der Waals surface area contributed by atoms with Gasteiger partial charge in [0.15, 0.2) is 0 Å². The number of carboxylic acids is 1. The monoisotopic (exact) mass is 275 g/mol. The van der Waals surface area contributed by atoms with Gasteiger partial charge < -0.3 is 10.0 Å². The lowest BCUT2D eigenvalue weighted by molar-refractivity contribution is -0.151. The lowest BCUT2D eigenvalue weighted by Gasteiger charge is -2.41. The first-order valence-electron chi connectivity index (χ1n) is 7.05. The van der Waals surface area contributed by atoms with Crippen LogP contribution in [0.15, 0.2) is 24.3 Å². The first kappa shape index (κ1) is 14.6. The smallest absolute Gasteiger partial charge is 0.329 e. The fourth-order valence-corrected chi connectivity index (χ4v) is 3.00. The summed E-state index contributed by atoms with van der Waals surface area (Å²) in [6.07, 6.45) is 3.84. The van der Waals surface area contributed by atoms with E-state index in [0.717, 1.165) is 24.8 Å². The van der Waals surface area contributed by atoms with Gasteiger partial charge in [-0.05, 0) is 31.9 Å². The fourth-order valence-electron chi connectivity index (χ4n) is 3.00. The highest BCUT2D eigenvalue weighted by atomic mass is 16.4. The molecule has 0 saturated heterocycles. The van der Waals surface area contributed by atoms with Crippen molar-refractivity contribution in [2.24, 2.45) is 0 Å². The molecule has 0 bridgehead atoms. The van der Waals surface area contributed by atoms with Crippen molar-refractivity contribution in [1.82, 2.24) is 4.90 Å². The minimum Gasteiger partial charge on any atom is -0.479 e. The molecule has 1 aromatic rings. The number of benzene rings is 1. The summed E-state index contributed by atoms with van der Waals surface area (Å²) in [5, 5.41) is 9.62. The van der Waals surface area contributed by atoms with Crippen molar-refractivity contribution in [2.75, 3.05) is 7.05 Å². The fraction of sp³-hybridized carbons (Fsp3) is 0.500. The van der Waals surface area contributed by atoms with E-state index in [1.807, 2.05) is 19.1 Å². The number of nitrogens with zero attached hydrogens (tertiary/aromatic N) is 1. The van der Waals surface area contributed by atoms with Gasteiger partial charge in [-0.15, -0.1) is 0 Å². The quantitative estimate of drug-likeness (QED) is 0.922. The zero-order valence-corrected chi connectivity index (χ0v) is 12.1. The third-order valence-electron chi connectivity index (χ3n) is 4.29. The number of carbonyl (C=O) groups excluding carboxylic acids is 1. The Morgan fingerprint density at radius 2 is 1.85 bits per heavy atom. The highest BCUT2D eigenvalue weighted by Crippen LogP contribution is 2.34. The number of rotatable bonds is 3. The number of carbonyl (C=O) groups is 2. The maximum atomic E-state index is 12.6. The number of hydrogen-bond donors (Lipinski definition) is 1. The van der Waals surface area contributed by atoms with Gasteiger partial charge in [-0.3, -0.25) is 4.79 Å². The molecular weight excluding hydrogens is 254 g/mol. The van der Waals surface area contributed by atoms with Gasteiger partial charge in [0.25, 0.3) is 5.91 Å². The van der Waals surface area contributed by atoms with Crippen molar-refractivity contribution in [3.8, 4) is 0 Å². The molecule has 4 heteroatoms. The highest BCUT2D eigenvalue weighted by molar-refractivity contribution is 5.97. The van der Waals surface area contributed by atoms with E-state index < -0.39 is 11.5 Å². The molecule has 0 radical (unpaired) electrons. The SMILES string of the molecule is Cc1cccc(C(=O)N(C)C2(C(=O)O)CCCCC2)c1. The van der Waals surface area contributed by atoms with Crippen molar-refractivity contribution >= 4 is 11.9 Å². The van der Waals surface area contributed by atoms with Crippen LogP contribution >= 0.6 is 0 Å². The minimum atomic E-state index is -1.04. The van der Waals surface area contributed by atoms with Gasteiger partial charge in [0.05, 0.1) is 0 Å². The number of amides is 1. The molecule has 1 fully saturated rings. The summed E-state index contributed by atoms with van der Waals surface area (Å²) in [6, 6.07) is 7.29. The van der Waals surface area contributed by atoms with Crippen molar-refractivity contribution in [3.63, 3.8) is 0 Å². The normalized spacial score (nSPS) is 17.5. The molecule has 0 heterocycles. The number of aryl methyl sites for hydroxylation is 1. The number of aliphatic carboxylic acids is 1. The maximum Gasteiger partial charge on any atom is 0.329 e. The Morgan fingerprint density at radius 3 is 2.40 bits per heavy atom. The van der Waals surface area contributed by atoms with E-state index in [-0.39, 0.29) is 5.91 Å². The average Bonchev–Trinajstić information content (AvgIpc) is 2.46. The Morgan fingerprint density at radius 1 is 1.20 bits per heavy atom. The lowest BCUT2D eigenvalue weighted by atomic mass is 9.80. The van der Waals surface area contributed by atoms with Gasteiger partial charge >= 0.3 is 5.97 Å². The molecule has 0 unspecified atom stereocenters. The second kappa shape index (κ2) is 5.65. The van der Waals surface area contributed by atoms with E-state index >= 15 is 0 Å². The van der Waals surface area contributed by atoms with Gasteiger partial charge in [-0.1, -0.05) is 37.0 Å². The van der Waals surface area contributed by atoms with E-state index in [0.29, 0.717) is 18.4 Å². The summed E-state index contributed by atoms with van der Waals surface area (Å²) < 4.78 is 0. The summed E-state index contributed by atoms with van der Waals surface area (Å²) in [5.74, 6) is -1.10. The molecular formula is C16H21NO3. The standard InChI is InChI=1S/C16H21NO3/c1-12-7-6-8-13(11-12)14(18)17(2)16(15(19)20)9-4-3-5-10-16/h6-8,11H,3-5,9-10H2,1-2H3,(H,19,20). The topological polar surface area (TPSA) is 57.6 Å². The second-order valence-corrected chi connectivity index (χ2v) is 5.63. The van der Waals surface area contributed by atoms with Crippen LogP contribution in [0.5, 0.6) is 0 Å². The Hall–Kier alpha value is -1.84. The Balaban J connectivity index is 2.30. The van der Waals surface area contributed by atoms with Crippen molar-refractivity contribution in [3.05, 3.63) is 35.4 Å². The summed E-state index contributed by atoms with van der Waals surface area (Å²) in [4.78, 5) is 25.7. The van der Waals surface area contributed by atoms with E-state index in [1.165, 1.54) is 4.90 Å². The predicted octanol–water partition coefficient (Wildman–Crippen LogP) is 2.85. The first-order valence-corrected chi connectivity index (χ1v) is 7.05. The molecule has 1 aromatic carbocycles. The molecule has 1 N–H and O–H groups in total. The van der Waals surface area contributed by atoms with Crippen LogP contribution in [0.2, 0.25) is 0 Å². The molecule has 0 aromatic heterocycles. The van der Waals surface area contributed by atoms with Crippen molar-refractivity contribution < 1.29 is 14.7 Å². The van der Waals surface area contributed by atoms with E-state index in [9.17, 15) is 14.7 Å². The molecule has 1 aliphatic carbocycles. The molecule has 0 aliphatic heterocycles. The maximum absolute atomic E-state index is 12.6. The molecule has 1 aliphatic rings. The lowest BCUT2D eigenvalue weighted by Crippen LogP contribution is -2.56. The second-order valence-electron chi connectivity index (χ2n) is 5.63. The first-order chi connectivity index (χ1) is 9.47. The van der Waals surface area contributed by atoms with E-state index in [1.54, 1.807) is 19.2 Å². The van der Waals surface area contributed by atoms with Crippen LogP contribution in [0.25, 0.3) is 0 Å². The molecule has 2 rings (SSSR count). The Kier molecular flexibility index (Phi) is 4.12. The molecule has 20 heavy (non-hydrogen) atoms. The van der Waals surface area contributed by atoms with Crippen molar-refractivity contribution in [2.45, 2.75) is 44.6 Å². The van der Waals surface area contributed by atoms with Crippen LogP contribution in [0.4, 0.5) is 0 Å². The number of hydrogen-bond acceptors (Lipinski definition) is 2. The van der Waals surface area contributed by atoms with Gasteiger partial charge in [-0.2, -0.15) is 0 Å².